The van der Waals surface area contributed by atoms with E-state index in [1.165, 1.54) is 6.42 Å². The van der Waals surface area contributed by atoms with Gasteiger partial charge in [0.15, 0.2) is 5.82 Å². The molecule has 0 unspecified atom stereocenters. The van der Waals surface area contributed by atoms with Crippen molar-refractivity contribution in [3.8, 4) is 0 Å². The summed E-state index contributed by atoms with van der Waals surface area (Å²) < 4.78 is 5.54. The normalized spacial score (nSPS) is 26.2. The molecule has 3 rings (SSSR count). The maximum Gasteiger partial charge on any atom is 0.243 e. The lowest BCUT2D eigenvalue weighted by atomic mass is 10.0. The molecule has 2 aliphatic heterocycles. The number of amides is 1. The third-order valence-corrected chi connectivity index (χ3v) is 5.58. The molecule has 6 nitrogen and oxygen atoms in total. The van der Waals surface area contributed by atoms with Crippen molar-refractivity contribution in [2.24, 2.45) is 0 Å². The number of aromatic nitrogens is 2. The van der Waals surface area contributed by atoms with Crippen LogP contribution in [0.5, 0.6) is 0 Å². The zero-order valence-corrected chi connectivity index (χ0v) is 15.2. The van der Waals surface area contributed by atoms with Crippen LogP contribution in [0.3, 0.4) is 0 Å². The predicted molar refractivity (Wildman–Crippen MR) is 91.5 cm³/mol. The predicted octanol–water partition coefficient (Wildman–Crippen LogP) is 2.95. The second kappa shape index (κ2) is 7.64. The summed E-state index contributed by atoms with van der Waals surface area (Å²) in [6.07, 6.45) is 7.66. The highest BCUT2D eigenvalue weighted by atomic mass is 16.5. The molecule has 1 aromatic rings. The van der Waals surface area contributed by atoms with Gasteiger partial charge in [-0.15, -0.1) is 0 Å². The van der Waals surface area contributed by atoms with E-state index in [2.05, 4.69) is 33.8 Å². The van der Waals surface area contributed by atoms with Crippen molar-refractivity contribution in [3.63, 3.8) is 0 Å². The minimum absolute atomic E-state index is 0.120. The Morgan fingerprint density at radius 2 is 2.04 bits per heavy atom. The minimum Gasteiger partial charge on any atom is -0.338 e. The van der Waals surface area contributed by atoms with Crippen molar-refractivity contribution in [1.29, 1.82) is 0 Å². The second-order valence-corrected chi connectivity index (χ2v) is 7.20. The van der Waals surface area contributed by atoms with Crippen molar-refractivity contribution in [2.45, 2.75) is 83.8 Å². The molecule has 1 aromatic heterocycles. The van der Waals surface area contributed by atoms with E-state index in [1.54, 1.807) is 6.92 Å². The number of carbonyl (C=O) groups excluding carboxylic acids is 1. The Hall–Kier alpha value is -1.43. The zero-order chi connectivity index (χ0) is 17.1. The van der Waals surface area contributed by atoms with Crippen LogP contribution >= 0.6 is 0 Å². The van der Waals surface area contributed by atoms with Crippen LogP contribution in [-0.2, 0) is 11.2 Å². The van der Waals surface area contributed by atoms with Gasteiger partial charge in [0.1, 0.15) is 0 Å². The average molecular weight is 334 g/mol. The summed E-state index contributed by atoms with van der Waals surface area (Å²) in [5, 5.41) is 4.13. The van der Waals surface area contributed by atoms with E-state index < -0.39 is 0 Å². The van der Waals surface area contributed by atoms with E-state index in [9.17, 15) is 4.79 Å². The molecule has 0 spiro atoms. The summed E-state index contributed by atoms with van der Waals surface area (Å²) in [5.41, 5.74) is 0. The number of hydrogen-bond acceptors (Lipinski definition) is 5. The lowest BCUT2D eigenvalue weighted by molar-refractivity contribution is -0.130. The molecule has 24 heavy (non-hydrogen) atoms. The van der Waals surface area contributed by atoms with E-state index in [0.29, 0.717) is 12.1 Å². The van der Waals surface area contributed by atoms with Gasteiger partial charge < -0.3 is 9.42 Å². The van der Waals surface area contributed by atoms with Gasteiger partial charge in [-0.2, -0.15) is 4.98 Å². The Morgan fingerprint density at radius 1 is 1.29 bits per heavy atom. The molecule has 0 N–H and O–H groups in total. The highest BCUT2D eigenvalue weighted by Crippen LogP contribution is 2.35. The Labute approximate surface area is 144 Å². The minimum atomic E-state index is 0.120. The van der Waals surface area contributed by atoms with Gasteiger partial charge in [-0.25, -0.2) is 0 Å². The van der Waals surface area contributed by atoms with Gasteiger partial charge in [-0.05, 0) is 45.6 Å². The molecular formula is C18H30N4O2. The monoisotopic (exact) mass is 334 g/mol. The van der Waals surface area contributed by atoms with Crippen LogP contribution < -0.4 is 0 Å². The zero-order valence-electron chi connectivity index (χ0n) is 15.2. The maximum absolute atomic E-state index is 11.9. The summed E-state index contributed by atoms with van der Waals surface area (Å²) in [6.45, 7) is 7.96. The highest BCUT2D eigenvalue weighted by molar-refractivity contribution is 5.74. The van der Waals surface area contributed by atoms with Crippen LogP contribution in [0.25, 0.3) is 0 Å². The lowest BCUT2D eigenvalue weighted by Crippen LogP contribution is -2.48. The quantitative estimate of drug-likeness (QED) is 0.800. The van der Waals surface area contributed by atoms with Gasteiger partial charge in [-0.3, -0.25) is 9.69 Å². The maximum atomic E-state index is 11.9. The van der Waals surface area contributed by atoms with Gasteiger partial charge in [0.25, 0.3) is 0 Å². The van der Waals surface area contributed by atoms with Crippen LogP contribution in [0.1, 0.15) is 77.1 Å². The first-order chi connectivity index (χ1) is 11.6. The lowest BCUT2D eigenvalue weighted by Gasteiger charge is -2.36. The van der Waals surface area contributed by atoms with Gasteiger partial charge in [-0.1, -0.05) is 18.5 Å². The van der Waals surface area contributed by atoms with E-state index in [0.717, 1.165) is 63.3 Å². The summed E-state index contributed by atoms with van der Waals surface area (Å²) in [7, 11) is 0. The molecule has 2 aliphatic rings. The van der Waals surface area contributed by atoms with Crippen LogP contribution in [0.15, 0.2) is 4.52 Å². The molecular weight excluding hydrogens is 304 g/mol. The SMILES string of the molecule is CCCCc1noc([C@H](C)N2CCC[C@H]2[C@@H]2CCCN2C(C)=O)n1. The molecule has 3 heterocycles. The number of likely N-dealkylation sites (tertiary alicyclic amines) is 2. The van der Waals surface area contributed by atoms with Crippen LogP contribution in [0, 0.1) is 0 Å². The van der Waals surface area contributed by atoms with Gasteiger partial charge in [0.2, 0.25) is 11.8 Å². The topological polar surface area (TPSA) is 62.5 Å². The van der Waals surface area contributed by atoms with Crippen molar-refractivity contribution in [3.05, 3.63) is 11.7 Å². The molecule has 3 atom stereocenters. The van der Waals surface area contributed by atoms with Crippen LogP contribution in [0.4, 0.5) is 0 Å². The van der Waals surface area contributed by atoms with E-state index in [1.807, 2.05) is 0 Å². The number of hydrogen-bond donors (Lipinski definition) is 0. The number of aryl methyl sites for hydroxylation is 1. The molecule has 0 bridgehead atoms. The van der Waals surface area contributed by atoms with Crippen molar-refractivity contribution in [1.82, 2.24) is 19.9 Å². The fraction of sp³-hybridized carbons (Fsp3) is 0.833. The fourth-order valence-corrected chi connectivity index (χ4v) is 4.31. The van der Waals surface area contributed by atoms with Crippen molar-refractivity contribution < 1.29 is 9.32 Å². The van der Waals surface area contributed by atoms with Crippen LogP contribution in [0.2, 0.25) is 0 Å². The second-order valence-electron chi connectivity index (χ2n) is 7.20. The molecule has 0 radical (unpaired) electrons. The average Bonchev–Trinajstić information content (AvgIpc) is 3.30. The van der Waals surface area contributed by atoms with Crippen molar-refractivity contribution >= 4 is 5.91 Å². The Balaban J connectivity index is 1.70. The van der Waals surface area contributed by atoms with E-state index >= 15 is 0 Å². The standard InChI is InChI=1S/C18H30N4O2/c1-4-5-10-17-19-18(24-20-17)13(2)21-11-6-8-15(21)16-9-7-12-22(16)14(3)23/h13,15-16H,4-12H2,1-3H3/t13-,15-,16-/m0/s1. The number of rotatable bonds is 6. The van der Waals surface area contributed by atoms with E-state index in [-0.39, 0.29) is 11.9 Å². The molecule has 134 valence electrons. The van der Waals surface area contributed by atoms with Crippen LogP contribution in [-0.4, -0.2) is 51.0 Å². The summed E-state index contributed by atoms with van der Waals surface area (Å²) >= 11 is 0. The summed E-state index contributed by atoms with van der Waals surface area (Å²) in [4.78, 5) is 21.1. The Kier molecular flexibility index (Phi) is 5.54. The van der Waals surface area contributed by atoms with Crippen molar-refractivity contribution in [2.75, 3.05) is 13.1 Å². The first kappa shape index (κ1) is 17.4. The molecule has 0 saturated carbocycles. The van der Waals surface area contributed by atoms with Gasteiger partial charge in [0.05, 0.1) is 6.04 Å². The first-order valence-corrected chi connectivity index (χ1v) is 9.47. The largest absolute Gasteiger partial charge is 0.338 e. The Bertz CT molecular complexity index is 559. The molecule has 0 aromatic carbocycles. The number of nitrogens with zero attached hydrogens (tertiary/aromatic N) is 4. The smallest absolute Gasteiger partial charge is 0.243 e. The third-order valence-electron chi connectivity index (χ3n) is 5.58. The molecule has 0 aliphatic carbocycles. The summed E-state index contributed by atoms with van der Waals surface area (Å²) in [5.74, 6) is 1.75. The third kappa shape index (κ3) is 3.48. The molecule has 2 saturated heterocycles. The van der Waals surface area contributed by atoms with Gasteiger partial charge >= 0.3 is 0 Å². The number of unbranched alkanes of at least 4 members (excludes halogenated alkanes) is 1. The molecule has 6 heteroatoms. The highest BCUT2D eigenvalue weighted by Gasteiger charge is 2.41. The molecule has 1 amide bonds. The van der Waals surface area contributed by atoms with E-state index in [4.69, 9.17) is 4.52 Å². The Morgan fingerprint density at radius 3 is 2.79 bits per heavy atom. The molecule has 2 fully saturated rings. The van der Waals surface area contributed by atoms with Gasteiger partial charge in [0, 0.05) is 32.0 Å². The summed E-state index contributed by atoms with van der Waals surface area (Å²) in [6, 6.07) is 0.877. The number of carbonyl (C=O) groups is 1. The first-order valence-electron chi connectivity index (χ1n) is 9.47. The fourth-order valence-electron chi connectivity index (χ4n) is 4.31.